The lowest BCUT2D eigenvalue weighted by Crippen LogP contribution is -2.36. The third-order valence-corrected chi connectivity index (χ3v) is 3.02. The molecule has 0 spiro atoms. The predicted octanol–water partition coefficient (Wildman–Crippen LogP) is 1.17. The van der Waals surface area contributed by atoms with Gasteiger partial charge in [0.1, 0.15) is 6.61 Å². The average molecular weight is 243 g/mol. The molecule has 98 valence electrons. The molecule has 0 aromatic heterocycles. The molecule has 1 aliphatic carbocycles. The van der Waals surface area contributed by atoms with Gasteiger partial charge in [0.2, 0.25) is 5.91 Å². The highest BCUT2D eigenvalue weighted by molar-refractivity contribution is 5.78. The highest BCUT2D eigenvalue weighted by Crippen LogP contribution is 2.25. The van der Waals surface area contributed by atoms with Crippen molar-refractivity contribution in [3.63, 3.8) is 0 Å². The Kier molecular flexibility index (Phi) is 5.97. The zero-order valence-electron chi connectivity index (χ0n) is 10.3. The topological polar surface area (TPSA) is 75.6 Å². The Balaban J connectivity index is 2.13. The van der Waals surface area contributed by atoms with E-state index in [1.807, 2.05) is 0 Å². The Morgan fingerprint density at radius 2 is 2.18 bits per heavy atom. The zero-order valence-corrected chi connectivity index (χ0v) is 10.3. The SMILES string of the molecule is CCCCOCC(=O)N[C@H]1CC[C@@H](C(=O)O)C1. The molecule has 1 saturated carbocycles. The number of unbranched alkanes of at least 4 members (excludes halogenated alkanes) is 1. The number of ether oxygens (including phenoxy) is 1. The summed E-state index contributed by atoms with van der Waals surface area (Å²) in [7, 11) is 0. The maximum absolute atomic E-state index is 11.5. The first kappa shape index (κ1) is 14.0. The van der Waals surface area contributed by atoms with Crippen molar-refractivity contribution < 1.29 is 19.4 Å². The second-order valence-electron chi connectivity index (χ2n) is 4.52. The summed E-state index contributed by atoms with van der Waals surface area (Å²) in [4.78, 5) is 22.2. The molecule has 1 fully saturated rings. The lowest BCUT2D eigenvalue weighted by molar-refractivity contribution is -0.141. The molecule has 0 radical (unpaired) electrons. The molecule has 0 heterocycles. The van der Waals surface area contributed by atoms with Gasteiger partial charge in [-0.3, -0.25) is 9.59 Å². The number of carboxylic acids is 1. The summed E-state index contributed by atoms with van der Waals surface area (Å²) in [5, 5.41) is 11.6. The van der Waals surface area contributed by atoms with Crippen molar-refractivity contribution in [2.45, 2.75) is 45.1 Å². The molecule has 1 amide bonds. The van der Waals surface area contributed by atoms with E-state index < -0.39 is 5.97 Å². The number of hydrogen-bond acceptors (Lipinski definition) is 3. The van der Waals surface area contributed by atoms with Crippen LogP contribution in [0.1, 0.15) is 39.0 Å². The van der Waals surface area contributed by atoms with Crippen LogP contribution in [0.25, 0.3) is 0 Å². The van der Waals surface area contributed by atoms with E-state index in [0.717, 1.165) is 19.3 Å². The molecule has 0 aliphatic heterocycles. The molecule has 1 aliphatic rings. The van der Waals surface area contributed by atoms with Crippen molar-refractivity contribution in [3.8, 4) is 0 Å². The predicted molar refractivity (Wildman–Crippen MR) is 62.6 cm³/mol. The van der Waals surface area contributed by atoms with Gasteiger partial charge >= 0.3 is 5.97 Å². The normalized spacial score (nSPS) is 23.6. The van der Waals surface area contributed by atoms with E-state index in [2.05, 4.69) is 12.2 Å². The summed E-state index contributed by atoms with van der Waals surface area (Å²) in [6.07, 6.45) is 3.94. The van der Waals surface area contributed by atoms with Gasteiger partial charge in [0.15, 0.2) is 0 Å². The molecule has 2 atom stereocenters. The molecule has 0 unspecified atom stereocenters. The van der Waals surface area contributed by atoms with Crippen molar-refractivity contribution >= 4 is 11.9 Å². The van der Waals surface area contributed by atoms with Crippen LogP contribution in [0.3, 0.4) is 0 Å². The minimum Gasteiger partial charge on any atom is -0.481 e. The number of hydrogen-bond donors (Lipinski definition) is 2. The van der Waals surface area contributed by atoms with Crippen LogP contribution in [-0.4, -0.2) is 36.2 Å². The number of carbonyl (C=O) groups excluding carboxylic acids is 1. The highest BCUT2D eigenvalue weighted by Gasteiger charge is 2.30. The van der Waals surface area contributed by atoms with E-state index in [9.17, 15) is 9.59 Å². The summed E-state index contributed by atoms with van der Waals surface area (Å²) in [6, 6.07) is -0.00150. The fourth-order valence-electron chi connectivity index (χ4n) is 2.02. The van der Waals surface area contributed by atoms with Crippen molar-refractivity contribution in [1.82, 2.24) is 5.32 Å². The Morgan fingerprint density at radius 3 is 2.76 bits per heavy atom. The maximum Gasteiger partial charge on any atom is 0.306 e. The van der Waals surface area contributed by atoms with Crippen molar-refractivity contribution in [2.75, 3.05) is 13.2 Å². The number of nitrogens with one attached hydrogen (secondary N) is 1. The third-order valence-electron chi connectivity index (χ3n) is 3.02. The van der Waals surface area contributed by atoms with E-state index in [1.54, 1.807) is 0 Å². The van der Waals surface area contributed by atoms with Crippen LogP contribution in [0.4, 0.5) is 0 Å². The second kappa shape index (κ2) is 7.27. The van der Waals surface area contributed by atoms with Gasteiger partial charge in [-0.1, -0.05) is 13.3 Å². The molecule has 17 heavy (non-hydrogen) atoms. The number of carbonyl (C=O) groups is 2. The van der Waals surface area contributed by atoms with Gasteiger partial charge in [0.05, 0.1) is 5.92 Å². The molecule has 0 bridgehead atoms. The summed E-state index contributed by atoms with van der Waals surface area (Å²) in [5.74, 6) is -1.21. The van der Waals surface area contributed by atoms with Crippen LogP contribution in [0.2, 0.25) is 0 Å². The quantitative estimate of drug-likeness (QED) is 0.658. The molecule has 0 aromatic rings. The molecule has 5 heteroatoms. The monoisotopic (exact) mass is 243 g/mol. The van der Waals surface area contributed by atoms with Gasteiger partial charge in [-0.15, -0.1) is 0 Å². The van der Waals surface area contributed by atoms with Crippen LogP contribution in [-0.2, 0) is 14.3 Å². The molecular formula is C12H21NO4. The Morgan fingerprint density at radius 1 is 1.41 bits per heavy atom. The van der Waals surface area contributed by atoms with Crippen LogP contribution in [0.15, 0.2) is 0 Å². The van der Waals surface area contributed by atoms with Crippen LogP contribution < -0.4 is 5.32 Å². The summed E-state index contributed by atoms with van der Waals surface area (Å²) in [5.41, 5.74) is 0. The van der Waals surface area contributed by atoms with Gasteiger partial charge in [-0.25, -0.2) is 0 Å². The average Bonchev–Trinajstić information content (AvgIpc) is 2.73. The fourth-order valence-corrected chi connectivity index (χ4v) is 2.02. The molecule has 5 nitrogen and oxygen atoms in total. The van der Waals surface area contributed by atoms with E-state index in [-0.39, 0.29) is 24.5 Å². The molecular weight excluding hydrogens is 222 g/mol. The highest BCUT2D eigenvalue weighted by atomic mass is 16.5. The minimum absolute atomic E-state index is 0.00150. The third kappa shape index (κ3) is 5.17. The van der Waals surface area contributed by atoms with E-state index in [0.29, 0.717) is 19.4 Å². The second-order valence-corrected chi connectivity index (χ2v) is 4.52. The Hall–Kier alpha value is -1.10. The van der Waals surface area contributed by atoms with Crippen LogP contribution >= 0.6 is 0 Å². The summed E-state index contributed by atoms with van der Waals surface area (Å²) in [6.45, 7) is 2.74. The van der Waals surface area contributed by atoms with Gasteiger partial charge in [0, 0.05) is 12.6 Å². The van der Waals surface area contributed by atoms with Crippen molar-refractivity contribution in [1.29, 1.82) is 0 Å². The van der Waals surface area contributed by atoms with Crippen LogP contribution in [0, 0.1) is 5.92 Å². The molecule has 2 N–H and O–H groups in total. The fraction of sp³-hybridized carbons (Fsp3) is 0.833. The molecule has 0 aromatic carbocycles. The first-order valence-electron chi connectivity index (χ1n) is 6.23. The standard InChI is InChI=1S/C12H21NO4/c1-2-3-6-17-8-11(14)13-10-5-4-9(7-10)12(15)16/h9-10H,2-8H2,1H3,(H,13,14)(H,15,16)/t9-,10+/m1/s1. The van der Waals surface area contributed by atoms with Crippen molar-refractivity contribution in [3.05, 3.63) is 0 Å². The van der Waals surface area contributed by atoms with Gasteiger partial charge in [-0.05, 0) is 25.7 Å². The first-order valence-corrected chi connectivity index (χ1v) is 6.23. The lowest BCUT2D eigenvalue weighted by Gasteiger charge is -2.12. The molecule has 1 rings (SSSR count). The smallest absolute Gasteiger partial charge is 0.306 e. The van der Waals surface area contributed by atoms with E-state index >= 15 is 0 Å². The number of amides is 1. The Labute approximate surface area is 102 Å². The first-order chi connectivity index (χ1) is 8.13. The van der Waals surface area contributed by atoms with Gasteiger partial charge in [-0.2, -0.15) is 0 Å². The number of aliphatic carboxylic acids is 1. The summed E-state index contributed by atoms with van der Waals surface area (Å²) >= 11 is 0. The van der Waals surface area contributed by atoms with Gasteiger partial charge < -0.3 is 15.2 Å². The van der Waals surface area contributed by atoms with E-state index in [1.165, 1.54) is 0 Å². The van der Waals surface area contributed by atoms with Crippen molar-refractivity contribution in [2.24, 2.45) is 5.92 Å². The summed E-state index contributed by atoms with van der Waals surface area (Å²) < 4.78 is 5.19. The lowest BCUT2D eigenvalue weighted by atomic mass is 10.1. The van der Waals surface area contributed by atoms with Crippen LogP contribution in [0.5, 0.6) is 0 Å². The van der Waals surface area contributed by atoms with E-state index in [4.69, 9.17) is 9.84 Å². The largest absolute Gasteiger partial charge is 0.481 e. The Bertz CT molecular complexity index is 267. The molecule has 0 saturated heterocycles. The number of carboxylic acid groups (broad SMARTS) is 1. The zero-order chi connectivity index (χ0) is 12.7. The maximum atomic E-state index is 11.5. The minimum atomic E-state index is -0.763. The van der Waals surface area contributed by atoms with Gasteiger partial charge in [0.25, 0.3) is 0 Å². The number of rotatable bonds is 7.